The first kappa shape index (κ1) is 12.0. The van der Waals surface area contributed by atoms with Gasteiger partial charge in [0.05, 0.1) is 5.56 Å². The molecule has 1 aliphatic heterocycles. The van der Waals surface area contributed by atoms with Crippen LogP contribution in [0.5, 0.6) is 0 Å². The second-order valence-corrected chi connectivity index (χ2v) is 4.27. The van der Waals surface area contributed by atoms with Crippen LogP contribution in [-0.4, -0.2) is 11.8 Å². The van der Waals surface area contributed by atoms with Crippen LogP contribution in [-0.2, 0) is 6.18 Å². The summed E-state index contributed by atoms with van der Waals surface area (Å²) in [4.78, 5) is 11.7. The lowest BCUT2D eigenvalue weighted by Gasteiger charge is -2.14. The van der Waals surface area contributed by atoms with Crippen molar-refractivity contribution in [3.8, 4) is 0 Å². The Kier molecular flexibility index (Phi) is 2.85. The summed E-state index contributed by atoms with van der Waals surface area (Å²) in [6.07, 6.45) is -3.38. The topological polar surface area (TPSA) is 29.1 Å². The number of fused-ring (bicyclic) bond motifs is 1. The van der Waals surface area contributed by atoms with Crippen LogP contribution in [0, 0.1) is 0 Å². The summed E-state index contributed by atoms with van der Waals surface area (Å²) in [5.41, 5.74) is -0.0946. The number of Topliss-reactive ketones (excluding diaryl/α,β-unsaturated/α-hetero) is 1. The third-order valence-corrected chi connectivity index (χ3v) is 2.85. The zero-order valence-electron chi connectivity index (χ0n) is 9.27. The molecule has 92 valence electrons. The predicted octanol–water partition coefficient (Wildman–Crippen LogP) is 3.48. The van der Waals surface area contributed by atoms with Crippen LogP contribution in [0.25, 0.3) is 0 Å². The van der Waals surface area contributed by atoms with E-state index in [0.29, 0.717) is 18.4 Å². The molecular weight excluding hydrogens is 231 g/mol. The van der Waals surface area contributed by atoms with Gasteiger partial charge < -0.3 is 5.32 Å². The van der Waals surface area contributed by atoms with Gasteiger partial charge in [-0.1, -0.05) is 0 Å². The molecule has 1 atom stereocenters. The number of halogens is 3. The minimum absolute atomic E-state index is 0.00341. The molecule has 0 amide bonds. The van der Waals surface area contributed by atoms with Crippen LogP contribution in [0.2, 0.25) is 0 Å². The van der Waals surface area contributed by atoms with Gasteiger partial charge in [-0.2, -0.15) is 13.2 Å². The van der Waals surface area contributed by atoms with Crippen molar-refractivity contribution in [3.63, 3.8) is 0 Å². The second-order valence-electron chi connectivity index (χ2n) is 4.27. The van der Waals surface area contributed by atoms with Gasteiger partial charge in [-0.05, 0) is 31.5 Å². The van der Waals surface area contributed by atoms with Gasteiger partial charge in [0, 0.05) is 23.7 Å². The highest BCUT2D eigenvalue weighted by Crippen LogP contribution is 2.33. The minimum Gasteiger partial charge on any atom is -0.382 e. The van der Waals surface area contributed by atoms with Crippen molar-refractivity contribution in [1.82, 2.24) is 0 Å². The van der Waals surface area contributed by atoms with E-state index < -0.39 is 11.7 Å². The fraction of sp³-hybridized carbons (Fsp3) is 0.417. The molecule has 0 aromatic heterocycles. The van der Waals surface area contributed by atoms with E-state index in [0.717, 1.165) is 12.1 Å². The molecule has 0 radical (unpaired) electrons. The molecule has 2 nitrogen and oxygen atoms in total. The number of carbonyl (C=O) groups excluding carboxylic acids is 1. The standard InChI is InChI=1S/C12H12F3NO/c1-7-2-5-11(17)9-4-3-8(12(13,14)15)6-10(9)16-7/h3-4,6-7,16H,2,5H2,1H3. The zero-order chi connectivity index (χ0) is 12.6. The molecule has 1 heterocycles. The molecule has 1 aromatic rings. The van der Waals surface area contributed by atoms with Gasteiger partial charge in [-0.25, -0.2) is 0 Å². The first-order chi connectivity index (χ1) is 7.88. The van der Waals surface area contributed by atoms with E-state index in [1.807, 2.05) is 6.92 Å². The summed E-state index contributed by atoms with van der Waals surface area (Å²) in [6.45, 7) is 1.85. The molecule has 0 aliphatic carbocycles. The van der Waals surface area contributed by atoms with Gasteiger partial charge in [0.1, 0.15) is 0 Å². The summed E-state index contributed by atoms with van der Waals surface area (Å²) in [6, 6.07) is 3.22. The summed E-state index contributed by atoms with van der Waals surface area (Å²) >= 11 is 0. The number of rotatable bonds is 0. The molecule has 0 saturated carbocycles. The van der Waals surface area contributed by atoms with E-state index in [-0.39, 0.29) is 17.5 Å². The van der Waals surface area contributed by atoms with Crippen molar-refractivity contribution in [2.45, 2.75) is 32.0 Å². The smallest absolute Gasteiger partial charge is 0.382 e. The molecular formula is C12H12F3NO. The summed E-state index contributed by atoms with van der Waals surface area (Å²) in [5.74, 6) is -0.106. The van der Waals surface area contributed by atoms with Gasteiger partial charge in [-0.3, -0.25) is 4.79 Å². The number of carbonyl (C=O) groups is 1. The summed E-state index contributed by atoms with van der Waals surface area (Å²) in [5, 5.41) is 2.94. The fourth-order valence-electron chi connectivity index (χ4n) is 1.90. The molecule has 0 fully saturated rings. The van der Waals surface area contributed by atoms with Crippen molar-refractivity contribution < 1.29 is 18.0 Å². The highest BCUT2D eigenvalue weighted by atomic mass is 19.4. The normalized spacial score (nSPS) is 20.5. The van der Waals surface area contributed by atoms with Crippen molar-refractivity contribution >= 4 is 11.5 Å². The van der Waals surface area contributed by atoms with Crippen molar-refractivity contribution in [3.05, 3.63) is 29.3 Å². The average molecular weight is 243 g/mol. The van der Waals surface area contributed by atoms with Crippen LogP contribution < -0.4 is 5.32 Å². The van der Waals surface area contributed by atoms with E-state index in [1.54, 1.807) is 0 Å². The maximum Gasteiger partial charge on any atom is 0.416 e. The molecule has 0 saturated heterocycles. The Morgan fingerprint density at radius 3 is 2.71 bits per heavy atom. The Morgan fingerprint density at radius 2 is 2.06 bits per heavy atom. The molecule has 1 unspecified atom stereocenters. The lowest BCUT2D eigenvalue weighted by atomic mass is 10.0. The number of hydrogen-bond acceptors (Lipinski definition) is 2. The van der Waals surface area contributed by atoms with Crippen LogP contribution >= 0.6 is 0 Å². The Bertz CT molecular complexity index is 454. The van der Waals surface area contributed by atoms with E-state index >= 15 is 0 Å². The van der Waals surface area contributed by atoms with Gasteiger partial charge in [0.25, 0.3) is 0 Å². The molecule has 5 heteroatoms. The second kappa shape index (κ2) is 4.05. The maximum atomic E-state index is 12.5. The molecule has 1 N–H and O–H groups in total. The lowest BCUT2D eigenvalue weighted by Crippen LogP contribution is -2.14. The van der Waals surface area contributed by atoms with Gasteiger partial charge in [-0.15, -0.1) is 0 Å². The van der Waals surface area contributed by atoms with Crippen LogP contribution in [0.4, 0.5) is 18.9 Å². The molecule has 2 rings (SSSR count). The number of nitrogens with one attached hydrogen (secondary N) is 1. The Labute approximate surface area is 96.8 Å². The van der Waals surface area contributed by atoms with Crippen LogP contribution in [0.15, 0.2) is 18.2 Å². The van der Waals surface area contributed by atoms with E-state index in [4.69, 9.17) is 0 Å². The fourth-order valence-corrected chi connectivity index (χ4v) is 1.90. The average Bonchev–Trinajstić information content (AvgIpc) is 2.37. The Balaban J connectivity index is 2.47. The summed E-state index contributed by atoms with van der Waals surface area (Å²) in [7, 11) is 0. The lowest BCUT2D eigenvalue weighted by molar-refractivity contribution is -0.137. The largest absolute Gasteiger partial charge is 0.416 e. The monoisotopic (exact) mass is 243 g/mol. The van der Waals surface area contributed by atoms with Gasteiger partial charge >= 0.3 is 6.18 Å². The predicted molar refractivity (Wildman–Crippen MR) is 58.1 cm³/mol. The Morgan fingerprint density at radius 1 is 1.35 bits per heavy atom. The van der Waals surface area contributed by atoms with E-state index in [2.05, 4.69) is 5.32 Å². The first-order valence-electron chi connectivity index (χ1n) is 5.39. The quantitative estimate of drug-likeness (QED) is 0.755. The Hall–Kier alpha value is -1.52. The number of ketones is 1. The maximum absolute atomic E-state index is 12.5. The van der Waals surface area contributed by atoms with E-state index in [1.165, 1.54) is 6.07 Å². The van der Waals surface area contributed by atoms with Crippen molar-refractivity contribution in [2.75, 3.05) is 5.32 Å². The number of alkyl halides is 3. The van der Waals surface area contributed by atoms with E-state index in [9.17, 15) is 18.0 Å². The summed E-state index contributed by atoms with van der Waals surface area (Å²) < 4.78 is 37.6. The van der Waals surface area contributed by atoms with Crippen LogP contribution in [0.1, 0.15) is 35.7 Å². The third kappa shape index (κ3) is 2.43. The number of hydrogen-bond donors (Lipinski definition) is 1. The third-order valence-electron chi connectivity index (χ3n) is 2.85. The van der Waals surface area contributed by atoms with Crippen molar-refractivity contribution in [1.29, 1.82) is 0 Å². The molecule has 0 bridgehead atoms. The number of benzene rings is 1. The minimum atomic E-state index is -4.38. The SMILES string of the molecule is CC1CCC(=O)c2ccc(C(F)(F)F)cc2N1. The van der Waals surface area contributed by atoms with Crippen molar-refractivity contribution in [2.24, 2.45) is 0 Å². The van der Waals surface area contributed by atoms with Crippen LogP contribution in [0.3, 0.4) is 0 Å². The molecule has 1 aromatic carbocycles. The zero-order valence-corrected chi connectivity index (χ0v) is 9.27. The first-order valence-corrected chi connectivity index (χ1v) is 5.39. The van der Waals surface area contributed by atoms with Gasteiger partial charge in [0.2, 0.25) is 0 Å². The van der Waals surface area contributed by atoms with Gasteiger partial charge in [0.15, 0.2) is 5.78 Å². The highest BCUT2D eigenvalue weighted by Gasteiger charge is 2.32. The highest BCUT2D eigenvalue weighted by molar-refractivity contribution is 6.02. The molecule has 0 spiro atoms. The number of anilines is 1. The molecule has 17 heavy (non-hydrogen) atoms. The molecule has 1 aliphatic rings.